The van der Waals surface area contributed by atoms with Crippen molar-refractivity contribution in [1.29, 1.82) is 0 Å². The molecule has 19 heavy (non-hydrogen) atoms. The smallest absolute Gasteiger partial charge is 0.165 e. The van der Waals surface area contributed by atoms with E-state index in [0.717, 1.165) is 22.7 Å². The van der Waals surface area contributed by atoms with Crippen LogP contribution in [0.2, 0.25) is 0 Å². The zero-order valence-electron chi connectivity index (χ0n) is 10.9. The van der Waals surface area contributed by atoms with Crippen LogP contribution >= 0.6 is 22.6 Å². The Hall–Kier alpha value is -1.43. The van der Waals surface area contributed by atoms with Gasteiger partial charge in [-0.1, -0.05) is 24.3 Å². The maximum atomic E-state index is 5.42. The normalized spacial score (nSPS) is 10.1. The van der Waals surface area contributed by atoms with Crippen molar-refractivity contribution in [2.24, 2.45) is 0 Å². The van der Waals surface area contributed by atoms with Gasteiger partial charge >= 0.3 is 0 Å². The molecule has 2 aromatic rings. The highest BCUT2D eigenvalue weighted by molar-refractivity contribution is 14.1. The standard InChI is InChI=1S/C15H16INO2/c1-18-14-9-5-6-11(15(14)19-2)10-17-13-8-4-3-7-12(13)16/h3-9,17H,10H2,1-2H3. The molecule has 0 radical (unpaired) electrons. The molecule has 0 amide bonds. The number of methoxy groups -OCH3 is 2. The Kier molecular flexibility index (Phi) is 4.90. The molecule has 0 fully saturated rings. The summed E-state index contributed by atoms with van der Waals surface area (Å²) >= 11 is 2.32. The maximum absolute atomic E-state index is 5.42. The summed E-state index contributed by atoms with van der Waals surface area (Å²) < 4.78 is 11.9. The molecule has 0 spiro atoms. The molecule has 0 saturated carbocycles. The summed E-state index contributed by atoms with van der Waals surface area (Å²) in [7, 11) is 3.31. The van der Waals surface area contributed by atoms with Crippen LogP contribution in [0.4, 0.5) is 5.69 Å². The molecule has 0 unspecified atom stereocenters. The molecule has 0 aliphatic carbocycles. The highest BCUT2D eigenvalue weighted by Gasteiger charge is 2.09. The second-order valence-corrected chi connectivity index (χ2v) is 5.15. The van der Waals surface area contributed by atoms with Crippen LogP contribution < -0.4 is 14.8 Å². The topological polar surface area (TPSA) is 30.5 Å². The number of hydrogen-bond acceptors (Lipinski definition) is 3. The van der Waals surface area contributed by atoms with Crippen LogP contribution in [0.3, 0.4) is 0 Å². The largest absolute Gasteiger partial charge is 0.493 e. The second-order valence-electron chi connectivity index (χ2n) is 3.99. The number of para-hydroxylation sites is 2. The van der Waals surface area contributed by atoms with E-state index < -0.39 is 0 Å². The maximum Gasteiger partial charge on any atom is 0.165 e. The molecule has 2 aromatic carbocycles. The molecule has 1 N–H and O–H groups in total. The van der Waals surface area contributed by atoms with Gasteiger partial charge in [-0.25, -0.2) is 0 Å². The van der Waals surface area contributed by atoms with E-state index in [1.54, 1.807) is 14.2 Å². The van der Waals surface area contributed by atoms with Crippen LogP contribution in [0, 0.1) is 3.57 Å². The van der Waals surface area contributed by atoms with Crippen molar-refractivity contribution in [2.45, 2.75) is 6.54 Å². The van der Waals surface area contributed by atoms with Crippen molar-refractivity contribution in [1.82, 2.24) is 0 Å². The van der Waals surface area contributed by atoms with Gasteiger partial charge in [-0.15, -0.1) is 0 Å². The first-order valence-corrected chi connectivity index (χ1v) is 7.02. The van der Waals surface area contributed by atoms with Crippen molar-refractivity contribution in [2.75, 3.05) is 19.5 Å². The van der Waals surface area contributed by atoms with Gasteiger partial charge in [-0.3, -0.25) is 0 Å². The average molecular weight is 369 g/mol. The summed E-state index contributed by atoms with van der Waals surface area (Å²) in [5, 5.41) is 3.41. The molecule has 0 aliphatic heterocycles. The quantitative estimate of drug-likeness (QED) is 0.811. The van der Waals surface area contributed by atoms with Gasteiger partial charge < -0.3 is 14.8 Å². The predicted molar refractivity (Wildman–Crippen MR) is 86.0 cm³/mol. The van der Waals surface area contributed by atoms with Crippen LogP contribution in [0.25, 0.3) is 0 Å². The molecule has 0 saturated heterocycles. The minimum Gasteiger partial charge on any atom is -0.493 e. The zero-order valence-corrected chi connectivity index (χ0v) is 13.1. The number of anilines is 1. The molecular weight excluding hydrogens is 353 g/mol. The molecule has 0 heterocycles. The van der Waals surface area contributed by atoms with Crippen molar-refractivity contribution in [3.63, 3.8) is 0 Å². The monoisotopic (exact) mass is 369 g/mol. The highest BCUT2D eigenvalue weighted by Crippen LogP contribution is 2.31. The van der Waals surface area contributed by atoms with E-state index in [2.05, 4.69) is 40.0 Å². The van der Waals surface area contributed by atoms with Crippen LogP contribution in [-0.2, 0) is 6.54 Å². The molecule has 0 aromatic heterocycles. The lowest BCUT2D eigenvalue weighted by Gasteiger charge is -2.14. The fourth-order valence-electron chi connectivity index (χ4n) is 1.89. The van der Waals surface area contributed by atoms with E-state index in [4.69, 9.17) is 9.47 Å². The first-order valence-electron chi connectivity index (χ1n) is 5.94. The number of halogens is 1. The molecule has 0 bridgehead atoms. The minimum atomic E-state index is 0.695. The molecule has 0 aliphatic rings. The first kappa shape index (κ1) is 14.0. The first-order chi connectivity index (χ1) is 9.26. The van der Waals surface area contributed by atoms with Crippen LogP contribution in [0.15, 0.2) is 42.5 Å². The third-order valence-corrected chi connectivity index (χ3v) is 3.77. The minimum absolute atomic E-state index is 0.695. The number of benzene rings is 2. The average Bonchev–Trinajstić information content (AvgIpc) is 2.45. The van der Waals surface area contributed by atoms with Crippen LogP contribution in [0.1, 0.15) is 5.56 Å². The van der Waals surface area contributed by atoms with Crippen molar-refractivity contribution in [3.05, 3.63) is 51.6 Å². The summed E-state index contributed by atoms with van der Waals surface area (Å²) in [5.74, 6) is 1.54. The number of ether oxygens (including phenoxy) is 2. The van der Waals surface area contributed by atoms with Crippen molar-refractivity contribution in [3.8, 4) is 11.5 Å². The third-order valence-electron chi connectivity index (χ3n) is 2.83. The van der Waals surface area contributed by atoms with Gasteiger partial charge in [0.05, 0.1) is 14.2 Å². The van der Waals surface area contributed by atoms with Gasteiger partial charge in [0.15, 0.2) is 11.5 Å². The van der Waals surface area contributed by atoms with Gasteiger partial charge in [-0.05, 0) is 40.8 Å². The molecule has 2 rings (SSSR count). The summed E-state index contributed by atoms with van der Waals surface area (Å²) in [6, 6.07) is 14.1. The third kappa shape index (κ3) is 3.32. The fourth-order valence-corrected chi connectivity index (χ4v) is 2.47. The summed E-state index contributed by atoms with van der Waals surface area (Å²) in [6.07, 6.45) is 0. The lowest BCUT2D eigenvalue weighted by atomic mass is 10.1. The second kappa shape index (κ2) is 6.65. The Morgan fingerprint density at radius 2 is 1.79 bits per heavy atom. The van der Waals surface area contributed by atoms with E-state index in [1.165, 1.54) is 3.57 Å². The summed E-state index contributed by atoms with van der Waals surface area (Å²) in [5.41, 5.74) is 2.19. The lowest BCUT2D eigenvalue weighted by molar-refractivity contribution is 0.352. The van der Waals surface area contributed by atoms with E-state index in [9.17, 15) is 0 Å². The SMILES string of the molecule is COc1cccc(CNc2ccccc2I)c1OC. The molecule has 4 heteroatoms. The van der Waals surface area contributed by atoms with Gasteiger partial charge in [0.25, 0.3) is 0 Å². The molecular formula is C15H16INO2. The van der Waals surface area contributed by atoms with E-state index in [-0.39, 0.29) is 0 Å². The number of rotatable bonds is 5. The zero-order chi connectivity index (χ0) is 13.7. The number of nitrogens with one attached hydrogen (secondary N) is 1. The predicted octanol–water partition coefficient (Wildman–Crippen LogP) is 3.92. The van der Waals surface area contributed by atoms with Crippen LogP contribution in [-0.4, -0.2) is 14.2 Å². The summed E-state index contributed by atoms with van der Waals surface area (Å²) in [4.78, 5) is 0. The van der Waals surface area contributed by atoms with Crippen LogP contribution in [0.5, 0.6) is 11.5 Å². The van der Waals surface area contributed by atoms with E-state index in [0.29, 0.717) is 6.54 Å². The van der Waals surface area contributed by atoms with E-state index >= 15 is 0 Å². The summed E-state index contributed by atoms with van der Waals surface area (Å²) in [6.45, 7) is 0.695. The molecule has 0 atom stereocenters. The number of hydrogen-bond donors (Lipinski definition) is 1. The Bertz CT molecular complexity index is 558. The highest BCUT2D eigenvalue weighted by atomic mass is 127. The van der Waals surface area contributed by atoms with E-state index in [1.807, 2.05) is 30.3 Å². The Labute approximate surface area is 127 Å². The fraction of sp³-hybridized carbons (Fsp3) is 0.200. The van der Waals surface area contributed by atoms with Gasteiger partial charge in [-0.2, -0.15) is 0 Å². The Balaban J connectivity index is 2.18. The lowest BCUT2D eigenvalue weighted by Crippen LogP contribution is -2.03. The van der Waals surface area contributed by atoms with Gasteiger partial charge in [0, 0.05) is 21.4 Å². The molecule has 100 valence electrons. The van der Waals surface area contributed by atoms with Gasteiger partial charge in [0.2, 0.25) is 0 Å². The van der Waals surface area contributed by atoms with Gasteiger partial charge in [0.1, 0.15) is 0 Å². The Morgan fingerprint density at radius 3 is 2.47 bits per heavy atom. The molecule has 3 nitrogen and oxygen atoms in total. The van der Waals surface area contributed by atoms with Crippen molar-refractivity contribution < 1.29 is 9.47 Å². The Morgan fingerprint density at radius 1 is 1.00 bits per heavy atom. The van der Waals surface area contributed by atoms with Crippen molar-refractivity contribution >= 4 is 28.3 Å².